The summed E-state index contributed by atoms with van der Waals surface area (Å²) in [7, 11) is 0. The lowest BCUT2D eigenvalue weighted by Gasteiger charge is -2.32. The van der Waals surface area contributed by atoms with Crippen molar-refractivity contribution in [1.29, 1.82) is 0 Å². The third-order valence-corrected chi connectivity index (χ3v) is 4.77. The predicted octanol–water partition coefficient (Wildman–Crippen LogP) is 3.40. The van der Waals surface area contributed by atoms with E-state index in [9.17, 15) is 4.79 Å². The van der Waals surface area contributed by atoms with Crippen molar-refractivity contribution in [2.45, 2.75) is 46.1 Å². The van der Waals surface area contributed by atoms with Gasteiger partial charge in [0.25, 0.3) is 5.56 Å². The van der Waals surface area contributed by atoms with E-state index in [4.69, 9.17) is 4.74 Å². The van der Waals surface area contributed by atoms with Crippen molar-refractivity contribution >= 4 is 10.8 Å². The average Bonchev–Trinajstić information content (AvgIpc) is 2.54. The van der Waals surface area contributed by atoms with Gasteiger partial charge in [0.05, 0.1) is 0 Å². The molecule has 1 aliphatic heterocycles. The van der Waals surface area contributed by atoms with Crippen LogP contribution in [0.4, 0.5) is 0 Å². The summed E-state index contributed by atoms with van der Waals surface area (Å²) in [4.78, 5) is 17.3. The van der Waals surface area contributed by atoms with Crippen LogP contribution in [-0.2, 0) is 0 Å². The van der Waals surface area contributed by atoms with Gasteiger partial charge in [0.15, 0.2) is 0 Å². The molecule has 1 saturated heterocycles. The number of aromatic amines is 1. The Hall–Kier alpha value is -1.81. The van der Waals surface area contributed by atoms with Gasteiger partial charge in [0, 0.05) is 24.7 Å². The van der Waals surface area contributed by atoms with Crippen molar-refractivity contribution in [3.05, 3.63) is 39.8 Å². The van der Waals surface area contributed by atoms with E-state index < -0.39 is 0 Å². The van der Waals surface area contributed by atoms with Crippen molar-refractivity contribution in [2.24, 2.45) is 0 Å². The first kappa shape index (κ1) is 16.1. The van der Waals surface area contributed by atoms with E-state index in [0.717, 1.165) is 53.6 Å². The lowest BCUT2D eigenvalue weighted by atomic mass is 10.0. The van der Waals surface area contributed by atoms with Crippen molar-refractivity contribution in [3.63, 3.8) is 0 Å². The maximum absolute atomic E-state index is 12.0. The van der Waals surface area contributed by atoms with Crippen molar-refractivity contribution in [2.75, 3.05) is 19.6 Å². The van der Waals surface area contributed by atoms with Gasteiger partial charge in [-0.3, -0.25) is 4.79 Å². The van der Waals surface area contributed by atoms with Crippen molar-refractivity contribution < 1.29 is 4.74 Å². The highest BCUT2D eigenvalue weighted by atomic mass is 16.5. The molecule has 0 unspecified atom stereocenters. The molecule has 0 amide bonds. The zero-order chi connectivity index (χ0) is 16.4. The minimum atomic E-state index is -0.0341. The second kappa shape index (κ2) is 6.75. The first-order chi connectivity index (χ1) is 11.1. The molecule has 0 spiro atoms. The van der Waals surface area contributed by atoms with Crippen LogP contribution in [0.1, 0.15) is 37.3 Å². The summed E-state index contributed by atoms with van der Waals surface area (Å²) in [6, 6.07) is 3.98. The maximum atomic E-state index is 12.0. The smallest absolute Gasteiger partial charge is 0.255 e. The fourth-order valence-corrected chi connectivity index (χ4v) is 3.40. The van der Waals surface area contributed by atoms with Crippen LogP contribution in [0.15, 0.2) is 23.1 Å². The summed E-state index contributed by atoms with van der Waals surface area (Å²) in [5, 5.41) is 1.73. The Bertz CT molecular complexity index is 743. The van der Waals surface area contributed by atoms with Gasteiger partial charge in [-0.1, -0.05) is 6.92 Å². The molecular formula is C19H26N2O2. The van der Waals surface area contributed by atoms with Gasteiger partial charge < -0.3 is 14.6 Å². The van der Waals surface area contributed by atoms with E-state index in [2.05, 4.69) is 16.8 Å². The molecule has 1 fully saturated rings. The normalized spacial score (nSPS) is 16.8. The molecule has 124 valence electrons. The van der Waals surface area contributed by atoms with E-state index >= 15 is 0 Å². The largest absolute Gasteiger partial charge is 0.490 e. The summed E-state index contributed by atoms with van der Waals surface area (Å²) in [6.45, 7) is 9.67. The van der Waals surface area contributed by atoms with Crippen LogP contribution in [0.2, 0.25) is 0 Å². The molecule has 1 aromatic heterocycles. The highest BCUT2D eigenvalue weighted by molar-refractivity contribution is 5.86. The molecule has 0 saturated carbocycles. The summed E-state index contributed by atoms with van der Waals surface area (Å²) in [5.74, 6) is 0.917. The summed E-state index contributed by atoms with van der Waals surface area (Å²) in [6.07, 6.45) is 5.41. The molecule has 4 nitrogen and oxygen atoms in total. The molecule has 0 atom stereocenters. The molecule has 2 aromatic rings. The van der Waals surface area contributed by atoms with Crippen LogP contribution < -0.4 is 10.3 Å². The SMILES string of the molecule is CCCN1CCC(Oc2cc3c(C)c[nH]c(=O)c3cc2C)CC1. The van der Waals surface area contributed by atoms with Crippen LogP contribution >= 0.6 is 0 Å². The highest BCUT2D eigenvalue weighted by Gasteiger charge is 2.20. The topological polar surface area (TPSA) is 45.3 Å². The summed E-state index contributed by atoms with van der Waals surface area (Å²) >= 11 is 0. The molecule has 0 aliphatic carbocycles. The Morgan fingerprint density at radius 2 is 1.91 bits per heavy atom. The number of benzene rings is 1. The van der Waals surface area contributed by atoms with Gasteiger partial charge in [0.1, 0.15) is 11.9 Å². The van der Waals surface area contributed by atoms with E-state index in [1.807, 2.05) is 26.0 Å². The number of piperidine rings is 1. The fraction of sp³-hybridized carbons (Fsp3) is 0.526. The molecule has 1 N–H and O–H groups in total. The Morgan fingerprint density at radius 3 is 2.61 bits per heavy atom. The second-order valence-corrected chi connectivity index (χ2v) is 6.62. The number of H-pyrrole nitrogens is 1. The second-order valence-electron chi connectivity index (χ2n) is 6.62. The van der Waals surface area contributed by atoms with Crippen LogP contribution in [0.3, 0.4) is 0 Å². The minimum absolute atomic E-state index is 0.0341. The van der Waals surface area contributed by atoms with Gasteiger partial charge in [-0.25, -0.2) is 0 Å². The number of nitrogens with one attached hydrogen (secondary N) is 1. The Kier molecular flexibility index (Phi) is 4.71. The van der Waals surface area contributed by atoms with Crippen LogP contribution in [0, 0.1) is 13.8 Å². The van der Waals surface area contributed by atoms with Crippen molar-refractivity contribution in [1.82, 2.24) is 9.88 Å². The Morgan fingerprint density at radius 1 is 1.17 bits per heavy atom. The maximum Gasteiger partial charge on any atom is 0.255 e. The van der Waals surface area contributed by atoms with E-state index in [-0.39, 0.29) is 11.7 Å². The van der Waals surface area contributed by atoms with E-state index in [0.29, 0.717) is 0 Å². The number of fused-ring (bicyclic) bond motifs is 1. The summed E-state index contributed by atoms with van der Waals surface area (Å²) < 4.78 is 6.28. The molecule has 1 aromatic carbocycles. The molecular weight excluding hydrogens is 288 g/mol. The van der Waals surface area contributed by atoms with Crippen molar-refractivity contribution in [3.8, 4) is 5.75 Å². The number of hydrogen-bond acceptors (Lipinski definition) is 3. The lowest BCUT2D eigenvalue weighted by molar-refractivity contribution is 0.100. The molecule has 1 aliphatic rings. The van der Waals surface area contributed by atoms with Gasteiger partial charge in [-0.15, -0.1) is 0 Å². The van der Waals surface area contributed by atoms with Gasteiger partial charge >= 0.3 is 0 Å². The number of nitrogens with zero attached hydrogens (tertiary/aromatic N) is 1. The van der Waals surface area contributed by atoms with Crippen LogP contribution in [0.25, 0.3) is 10.8 Å². The lowest BCUT2D eigenvalue weighted by Crippen LogP contribution is -2.38. The monoisotopic (exact) mass is 314 g/mol. The standard InChI is InChI=1S/C19H26N2O2/c1-4-7-21-8-5-15(6-9-21)23-18-11-16-14(3)12-20-19(22)17(16)10-13(18)2/h10-12,15H,4-9H2,1-3H3,(H,20,22). The third kappa shape index (κ3) is 3.42. The number of aromatic nitrogens is 1. The first-order valence-electron chi connectivity index (χ1n) is 8.60. The third-order valence-electron chi connectivity index (χ3n) is 4.77. The fourth-order valence-electron chi connectivity index (χ4n) is 3.40. The van der Waals surface area contributed by atoms with Gasteiger partial charge in [-0.05, 0) is 68.3 Å². The number of likely N-dealkylation sites (tertiary alicyclic amines) is 1. The predicted molar refractivity (Wildman–Crippen MR) is 94.4 cm³/mol. The van der Waals surface area contributed by atoms with Crippen LogP contribution in [0.5, 0.6) is 5.75 Å². The van der Waals surface area contributed by atoms with Crippen LogP contribution in [-0.4, -0.2) is 35.6 Å². The average molecular weight is 314 g/mol. The molecule has 0 bridgehead atoms. The number of hydrogen-bond donors (Lipinski definition) is 1. The van der Waals surface area contributed by atoms with Gasteiger partial charge in [-0.2, -0.15) is 0 Å². The van der Waals surface area contributed by atoms with E-state index in [1.165, 1.54) is 13.0 Å². The number of aryl methyl sites for hydroxylation is 2. The quantitative estimate of drug-likeness (QED) is 0.941. The molecule has 2 heterocycles. The van der Waals surface area contributed by atoms with Gasteiger partial charge in [0.2, 0.25) is 0 Å². The molecule has 3 rings (SSSR count). The summed E-state index contributed by atoms with van der Waals surface area (Å²) in [5.41, 5.74) is 2.07. The zero-order valence-electron chi connectivity index (χ0n) is 14.3. The molecule has 23 heavy (non-hydrogen) atoms. The Balaban J connectivity index is 1.80. The number of pyridine rings is 1. The highest BCUT2D eigenvalue weighted by Crippen LogP contribution is 2.28. The molecule has 0 radical (unpaired) electrons. The zero-order valence-corrected chi connectivity index (χ0v) is 14.3. The Labute approximate surface area is 137 Å². The molecule has 4 heteroatoms. The van der Waals surface area contributed by atoms with E-state index in [1.54, 1.807) is 6.20 Å². The number of ether oxygens (including phenoxy) is 1. The first-order valence-corrected chi connectivity index (χ1v) is 8.60. The minimum Gasteiger partial charge on any atom is -0.490 e. The number of rotatable bonds is 4.